The minimum atomic E-state index is 0.0296. The van der Waals surface area contributed by atoms with Gasteiger partial charge in [-0.3, -0.25) is 9.48 Å². The second-order valence-electron chi connectivity index (χ2n) is 8.09. The van der Waals surface area contributed by atoms with E-state index in [1.54, 1.807) is 0 Å². The van der Waals surface area contributed by atoms with E-state index in [1.165, 1.54) is 22.9 Å². The van der Waals surface area contributed by atoms with Crippen molar-refractivity contribution >= 4 is 16.8 Å². The fourth-order valence-corrected chi connectivity index (χ4v) is 4.75. The molecule has 2 heterocycles. The average molecular weight is 379 g/mol. The standard InChI is InChI=1S/C23H30N4O/c1-4-12-27-16(3)22(15(2)26-27)23(28)25-18-9-7-8-17(13-18)20-14-24-21-11-6-5-10-19(20)21/h5-6,10-11,14,17-18,24H,4,7-9,12-13H2,1-3H3,(H,25,28)/t17-,18+/m1/s1. The summed E-state index contributed by atoms with van der Waals surface area (Å²) in [5.74, 6) is 0.516. The van der Waals surface area contributed by atoms with Crippen LogP contribution < -0.4 is 5.32 Å². The number of nitrogens with zero attached hydrogens (tertiary/aromatic N) is 2. The number of nitrogens with one attached hydrogen (secondary N) is 2. The monoisotopic (exact) mass is 378 g/mol. The van der Waals surface area contributed by atoms with Crippen LogP contribution >= 0.6 is 0 Å². The summed E-state index contributed by atoms with van der Waals surface area (Å²) in [6.45, 7) is 6.92. The number of carbonyl (C=O) groups excluding carboxylic acids is 1. The summed E-state index contributed by atoms with van der Waals surface area (Å²) in [6.07, 6.45) is 7.53. The number of aromatic nitrogens is 3. The van der Waals surface area contributed by atoms with E-state index in [1.807, 2.05) is 18.5 Å². The number of benzene rings is 1. The molecule has 1 aliphatic rings. The van der Waals surface area contributed by atoms with Gasteiger partial charge < -0.3 is 10.3 Å². The molecule has 0 aliphatic heterocycles. The van der Waals surface area contributed by atoms with Gasteiger partial charge >= 0.3 is 0 Å². The molecule has 0 saturated heterocycles. The molecule has 28 heavy (non-hydrogen) atoms. The first-order valence-electron chi connectivity index (χ1n) is 10.5. The fraction of sp³-hybridized carbons (Fsp3) is 0.478. The van der Waals surface area contributed by atoms with Gasteiger partial charge in [0, 0.05) is 35.4 Å². The van der Waals surface area contributed by atoms with Crippen LogP contribution in [0, 0.1) is 13.8 Å². The van der Waals surface area contributed by atoms with E-state index in [4.69, 9.17) is 0 Å². The van der Waals surface area contributed by atoms with Crippen molar-refractivity contribution in [1.29, 1.82) is 0 Å². The molecule has 5 nitrogen and oxygen atoms in total. The molecule has 2 atom stereocenters. The van der Waals surface area contributed by atoms with Crippen LogP contribution in [0.25, 0.3) is 10.9 Å². The van der Waals surface area contributed by atoms with Crippen molar-refractivity contribution < 1.29 is 4.79 Å². The largest absolute Gasteiger partial charge is 0.361 e. The highest BCUT2D eigenvalue weighted by molar-refractivity contribution is 5.96. The molecule has 0 radical (unpaired) electrons. The van der Waals surface area contributed by atoms with E-state index < -0.39 is 0 Å². The first-order valence-corrected chi connectivity index (χ1v) is 10.5. The van der Waals surface area contributed by atoms with Gasteiger partial charge in [0.15, 0.2) is 0 Å². The van der Waals surface area contributed by atoms with Gasteiger partial charge in [-0.25, -0.2) is 0 Å². The molecule has 2 aromatic heterocycles. The summed E-state index contributed by atoms with van der Waals surface area (Å²) in [5.41, 5.74) is 5.13. The second kappa shape index (κ2) is 7.82. The van der Waals surface area contributed by atoms with Gasteiger partial charge in [0.2, 0.25) is 0 Å². The van der Waals surface area contributed by atoms with Crippen molar-refractivity contribution in [3.8, 4) is 0 Å². The predicted molar refractivity (Wildman–Crippen MR) is 113 cm³/mol. The maximum Gasteiger partial charge on any atom is 0.255 e. The zero-order valence-electron chi connectivity index (χ0n) is 17.1. The number of H-pyrrole nitrogens is 1. The Labute approximate surface area is 166 Å². The highest BCUT2D eigenvalue weighted by atomic mass is 16.1. The Morgan fingerprint density at radius 2 is 2.11 bits per heavy atom. The molecule has 1 fully saturated rings. The zero-order valence-corrected chi connectivity index (χ0v) is 17.1. The molecular formula is C23H30N4O. The lowest BCUT2D eigenvalue weighted by Gasteiger charge is -2.30. The number of aromatic amines is 1. The van der Waals surface area contributed by atoms with Gasteiger partial charge in [-0.1, -0.05) is 31.5 Å². The molecule has 1 aliphatic carbocycles. The van der Waals surface area contributed by atoms with Gasteiger partial charge in [-0.15, -0.1) is 0 Å². The summed E-state index contributed by atoms with van der Waals surface area (Å²) >= 11 is 0. The Bertz CT molecular complexity index is 984. The van der Waals surface area contributed by atoms with E-state index in [2.05, 4.69) is 52.8 Å². The molecule has 4 rings (SSSR count). The van der Waals surface area contributed by atoms with Crippen LogP contribution in [0.1, 0.15) is 72.3 Å². The first kappa shape index (κ1) is 18.8. The van der Waals surface area contributed by atoms with Crippen molar-refractivity contribution in [2.45, 2.75) is 71.4 Å². The summed E-state index contributed by atoms with van der Waals surface area (Å²) in [4.78, 5) is 16.4. The summed E-state index contributed by atoms with van der Waals surface area (Å²) in [5, 5.41) is 9.18. The average Bonchev–Trinajstić information content (AvgIpc) is 3.23. The van der Waals surface area contributed by atoms with Gasteiger partial charge in [-0.05, 0) is 57.1 Å². The topological polar surface area (TPSA) is 62.7 Å². The van der Waals surface area contributed by atoms with Gasteiger partial charge in [0.1, 0.15) is 0 Å². The van der Waals surface area contributed by atoms with E-state index in [0.717, 1.165) is 49.2 Å². The first-order chi connectivity index (χ1) is 13.6. The lowest BCUT2D eigenvalue weighted by molar-refractivity contribution is 0.0924. The fourth-order valence-electron chi connectivity index (χ4n) is 4.75. The summed E-state index contributed by atoms with van der Waals surface area (Å²) in [6, 6.07) is 8.70. The molecule has 0 bridgehead atoms. The molecule has 5 heteroatoms. The van der Waals surface area contributed by atoms with E-state index >= 15 is 0 Å². The van der Waals surface area contributed by atoms with E-state index in [0.29, 0.717) is 5.92 Å². The van der Waals surface area contributed by atoms with Crippen molar-refractivity contribution in [2.75, 3.05) is 0 Å². The number of aryl methyl sites for hydroxylation is 2. The smallest absolute Gasteiger partial charge is 0.255 e. The molecule has 2 N–H and O–H groups in total. The third-order valence-electron chi connectivity index (χ3n) is 6.11. The zero-order chi connectivity index (χ0) is 19.7. The molecular weight excluding hydrogens is 348 g/mol. The lowest BCUT2D eigenvalue weighted by atomic mass is 9.81. The number of hydrogen-bond donors (Lipinski definition) is 2. The van der Waals surface area contributed by atoms with Crippen LogP contribution in [0.2, 0.25) is 0 Å². The maximum atomic E-state index is 13.0. The molecule has 0 spiro atoms. The number of hydrogen-bond acceptors (Lipinski definition) is 2. The highest BCUT2D eigenvalue weighted by Gasteiger charge is 2.28. The normalized spacial score (nSPS) is 19.8. The Balaban J connectivity index is 1.49. The van der Waals surface area contributed by atoms with Gasteiger partial charge in [0.05, 0.1) is 11.3 Å². The molecule has 1 aromatic carbocycles. The van der Waals surface area contributed by atoms with Crippen molar-refractivity contribution in [1.82, 2.24) is 20.1 Å². The molecule has 1 amide bonds. The van der Waals surface area contributed by atoms with Crippen molar-refractivity contribution in [3.63, 3.8) is 0 Å². The van der Waals surface area contributed by atoms with Gasteiger partial charge in [0.25, 0.3) is 5.91 Å². The summed E-state index contributed by atoms with van der Waals surface area (Å²) in [7, 11) is 0. The second-order valence-corrected chi connectivity index (χ2v) is 8.09. The SMILES string of the molecule is CCCn1nc(C)c(C(=O)N[C@H]2CCC[C@@H](c3c[nH]c4ccccc34)C2)c1C. The highest BCUT2D eigenvalue weighted by Crippen LogP contribution is 2.36. The van der Waals surface area contributed by atoms with Crippen LogP contribution in [0.5, 0.6) is 0 Å². The summed E-state index contributed by atoms with van der Waals surface area (Å²) < 4.78 is 1.96. The Hall–Kier alpha value is -2.56. The third kappa shape index (κ3) is 3.46. The number of amides is 1. The number of fused-ring (bicyclic) bond motifs is 1. The number of para-hydroxylation sites is 1. The van der Waals surface area contributed by atoms with Crippen LogP contribution in [0.15, 0.2) is 30.5 Å². The van der Waals surface area contributed by atoms with Gasteiger partial charge in [-0.2, -0.15) is 5.10 Å². The van der Waals surface area contributed by atoms with Crippen molar-refractivity contribution in [3.05, 3.63) is 53.0 Å². The Kier molecular flexibility index (Phi) is 5.25. The Morgan fingerprint density at radius 1 is 1.29 bits per heavy atom. The van der Waals surface area contributed by atoms with Crippen LogP contribution in [-0.4, -0.2) is 26.7 Å². The van der Waals surface area contributed by atoms with E-state index in [-0.39, 0.29) is 11.9 Å². The lowest BCUT2D eigenvalue weighted by Crippen LogP contribution is -2.38. The Morgan fingerprint density at radius 3 is 2.93 bits per heavy atom. The van der Waals surface area contributed by atoms with Crippen molar-refractivity contribution in [2.24, 2.45) is 0 Å². The molecule has 1 saturated carbocycles. The predicted octanol–water partition coefficient (Wildman–Crippen LogP) is 4.85. The van der Waals surface area contributed by atoms with E-state index in [9.17, 15) is 4.79 Å². The number of carbonyl (C=O) groups is 1. The number of rotatable bonds is 5. The minimum Gasteiger partial charge on any atom is -0.361 e. The van der Waals surface area contributed by atoms with Crippen LogP contribution in [0.3, 0.4) is 0 Å². The quantitative estimate of drug-likeness (QED) is 0.667. The van der Waals surface area contributed by atoms with Crippen LogP contribution in [-0.2, 0) is 6.54 Å². The molecule has 0 unspecified atom stereocenters. The van der Waals surface area contributed by atoms with Crippen LogP contribution in [0.4, 0.5) is 0 Å². The maximum absolute atomic E-state index is 13.0. The third-order valence-corrected chi connectivity index (χ3v) is 6.11. The molecule has 3 aromatic rings. The molecule has 148 valence electrons. The minimum absolute atomic E-state index is 0.0296.